The largest absolute Gasteiger partial charge is 0.493 e. The molecule has 0 spiro atoms. The fourth-order valence-electron chi connectivity index (χ4n) is 3.24. The van der Waals surface area contributed by atoms with Crippen molar-refractivity contribution in [1.82, 2.24) is 5.32 Å². The van der Waals surface area contributed by atoms with Gasteiger partial charge >= 0.3 is 0 Å². The second kappa shape index (κ2) is 8.28. The first-order valence-electron chi connectivity index (χ1n) is 8.15. The molecule has 0 aromatic heterocycles. The molecule has 1 aromatic rings. The summed E-state index contributed by atoms with van der Waals surface area (Å²) in [5.41, 5.74) is 1.16. The lowest BCUT2D eigenvalue weighted by Crippen LogP contribution is -2.20. The molecule has 1 aromatic carbocycles. The van der Waals surface area contributed by atoms with E-state index in [1.54, 1.807) is 14.2 Å². The molecule has 0 aliphatic heterocycles. The van der Waals surface area contributed by atoms with Gasteiger partial charge in [-0.25, -0.2) is 0 Å². The Bertz CT molecular complexity index is 425. The second-order valence-corrected chi connectivity index (χ2v) is 6.24. The van der Waals surface area contributed by atoms with Crippen LogP contribution in [0.1, 0.15) is 44.6 Å². The highest BCUT2D eigenvalue weighted by Crippen LogP contribution is 2.31. The minimum atomic E-state index is 0.804. The summed E-state index contributed by atoms with van der Waals surface area (Å²) in [6.07, 6.45) is 6.93. The summed E-state index contributed by atoms with van der Waals surface area (Å²) in [6.45, 7) is 4.30. The maximum atomic E-state index is 5.46. The Morgan fingerprint density at radius 2 is 1.86 bits per heavy atom. The lowest BCUT2D eigenvalue weighted by molar-refractivity contribution is 0.275. The number of benzene rings is 1. The van der Waals surface area contributed by atoms with Crippen molar-refractivity contribution < 1.29 is 9.47 Å². The van der Waals surface area contributed by atoms with Crippen LogP contribution in [0.3, 0.4) is 0 Å². The van der Waals surface area contributed by atoms with E-state index in [1.807, 2.05) is 12.1 Å². The van der Waals surface area contributed by atoms with Crippen molar-refractivity contribution in [3.63, 3.8) is 0 Å². The number of nitrogens with one attached hydrogen (secondary N) is 1. The molecule has 2 rings (SSSR count). The highest BCUT2D eigenvalue weighted by atomic mass is 16.5. The van der Waals surface area contributed by atoms with Crippen LogP contribution in [0.4, 0.5) is 0 Å². The van der Waals surface area contributed by atoms with Crippen LogP contribution < -0.4 is 14.8 Å². The smallest absolute Gasteiger partial charge is 0.165 e. The molecule has 3 heteroatoms. The average Bonchev–Trinajstić information content (AvgIpc) is 2.52. The summed E-state index contributed by atoms with van der Waals surface area (Å²) in [7, 11) is 3.38. The van der Waals surface area contributed by atoms with Crippen molar-refractivity contribution in [2.45, 2.75) is 45.6 Å². The number of hydrogen-bond acceptors (Lipinski definition) is 3. The fraction of sp³-hybridized carbons (Fsp3) is 0.667. The van der Waals surface area contributed by atoms with Gasteiger partial charge in [-0.3, -0.25) is 0 Å². The van der Waals surface area contributed by atoms with Gasteiger partial charge in [0.2, 0.25) is 0 Å². The Morgan fingerprint density at radius 1 is 1.10 bits per heavy atom. The van der Waals surface area contributed by atoms with Gasteiger partial charge in [0, 0.05) is 12.1 Å². The van der Waals surface area contributed by atoms with Crippen molar-refractivity contribution in [3.8, 4) is 11.5 Å². The van der Waals surface area contributed by atoms with Gasteiger partial charge in [0.15, 0.2) is 11.5 Å². The molecule has 3 nitrogen and oxygen atoms in total. The van der Waals surface area contributed by atoms with Crippen molar-refractivity contribution in [3.05, 3.63) is 23.8 Å². The lowest BCUT2D eigenvalue weighted by Gasteiger charge is -2.26. The third-order valence-corrected chi connectivity index (χ3v) is 4.66. The number of ether oxygens (including phenoxy) is 2. The number of methoxy groups -OCH3 is 2. The quantitative estimate of drug-likeness (QED) is 0.770. The first-order chi connectivity index (χ1) is 10.2. The maximum Gasteiger partial charge on any atom is 0.165 e. The minimum absolute atomic E-state index is 0.804. The summed E-state index contributed by atoms with van der Waals surface area (Å²) in [4.78, 5) is 0. The zero-order valence-corrected chi connectivity index (χ0v) is 13.7. The molecule has 21 heavy (non-hydrogen) atoms. The van der Waals surface area contributed by atoms with Crippen LogP contribution in [0.2, 0.25) is 0 Å². The molecule has 0 saturated heterocycles. The highest BCUT2D eigenvalue weighted by molar-refractivity contribution is 5.46. The summed E-state index contributed by atoms with van der Waals surface area (Å²) >= 11 is 0. The SMILES string of the molecule is COc1cccc(CNCCC2CCC(C)CC2)c1OC. The molecule has 118 valence electrons. The van der Waals surface area contributed by atoms with Gasteiger partial charge in [-0.1, -0.05) is 44.7 Å². The monoisotopic (exact) mass is 291 g/mol. The first-order valence-corrected chi connectivity index (χ1v) is 8.15. The Kier molecular flexibility index (Phi) is 6.37. The molecule has 0 bridgehead atoms. The van der Waals surface area contributed by atoms with Gasteiger partial charge in [-0.2, -0.15) is 0 Å². The molecular formula is C18H29NO2. The van der Waals surface area contributed by atoms with Gasteiger partial charge in [-0.05, 0) is 30.9 Å². The molecule has 0 heterocycles. The fourth-order valence-corrected chi connectivity index (χ4v) is 3.24. The number of rotatable bonds is 7. The normalized spacial score (nSPS) is 22.0. The van der Waals surface area contributed by atoms with Crippen LogP contribution >= 0.6 is 0 Å². The lowest BCUT2D eigenvalue weighted by atomic mass is 9.81. The van der Waals surface area contributed by atoms with Crippen molar-refractivity contribution in [2.75, 3.05) is 20.8 Å². The van der Waals surface area contributed by atoms with Crippen molar-refractivity contribution >= 4 is 0 Å². The van der Waals surface area contributed by atoms with Crippen LogP contribution in [0.5, 0.6) is 11.5 Å². The van der Waals surface area contributed by atoms with Gasteiger partial charge in [0.25, 0.3) is 0 Å². The molecular weight excluding hydrogens is 262 g/mol. The zero-order valence-electron chi connectivity index (χ0n) is 13.7. The predicted octanol–water partition coefficient (Wildman–Crippen LogP) is 4.01. The van der Waals surface area contributed by atoms with Crippen LogP contribution in [-0.4, -0.2) is 20.8 Å². The third-order valence-electron chi connectivity index (χ3n) is 4.66. The highest BCUT2D eigenvalue weighted by Gasteiger charge is 2.17. The van der Waals surface area contributed by atoms with E-state index in [-0.39, 0.29) is 0 Å². The van der Waals surface area contributed by atoms with Gasteiger partial charge in [0.05, 0.1) is 14.2 Å². The summed E-state index contributed by atoms with van der Waals surface area (Å²) in [6, 6.07) is 6.04. The maximum absolute atomic E-state index is 5.46. The van der Waals surface area contributed by atoms with Gasteiger partial charge in [-0.15, -0.1) is 0 Å². The molecule has 1 aliphatic rings. The Balaban J connectivity index is 1.76. The summed E-state index contributed by atoms with van der Waals surface area (Å²) in [5, 5.41) is 3.55. The summed E-state index contributed by atoms with van der Waals surface area (Å²) in [5.74, 6) is 3.51. The van der Waals surface area contributed by atoms with Crippen LogP contribution in [0.15, 0.2) is 18.2 Å². The van der Waals surface area contributed by atoms with Crippen LogP contribution in [0, 0.1) is 11.8 Å². The van der Waals surface area contributed by atoms with Crippen molar-refractivity contribution in [2.24, 2.45) is 11.8 Å². The van der Waals surface area contributed by atoms with E-state index in [0.29, 0.717) is 0 Å². The molecule has 1 aliphatic carbocycles. The van der Waals surface area contributed by atoms with E-state index in [4.69, 9.17) is 9.47 Å². The molecule has 0 atom stereocenters. The van der Waals surface area contributed by atoms with Gasteiger partial charge in [0.1, 0.15) is 0 Å². The zero-order chi connectivity index (χ0) is 15.1. The van der Waals surface area contributed by atoms with E-state index < -0.39 is 0 Å². The molecule has 0 unspecified atom stereocenters. The molecule has 0 amide bonds. The summed E-state index contributed by atoms with van der Waals surface area (Å²) < 4.78 is 10.8. The average molecular weight is 291 g/mol. The van der Waals surface area contributed by atoms with Crippen LogP contribution in [-0.2, 0) is 6.54 Å². The van der Waals surface area contributed by atoms with Crippen molar-refractivity contribution in [1.29, 1.82) is 0 Å². The van der Waals surface area contributed by atoms with E-state index in [2.05, 4.69) is 18.3 Å². The Labute approximate surface area is 129 Å². The molecule has 1 fully saturated rings. The topological polar surface area (TPSA) is 30.5 Å². The molecule has 1 saturated carbocycles. The van der Waals surface area contributed by atoms with Crippen LogP contribution in [0.25, 0.3) is 0 Å². The Hall–Kier alpha value is -1.22. The van der Waals surface area contributed by atoms with Gasteiger partial charge < -0.3 is 14.8 Å². The number of para-hydroxylation sites is 1. The Morgan fingerprint density at radius 3 is 2.52 bits per heavy atom. The molecule has 0 radical (unpaired) electrons. The second-order valence-electron chi connectivity index (χ2n) is 6.24. The standard InChI is InChI=1S/C18H29NO2/c1-14-7-9-15(10-8-14)11-12-19-13-16-5-4-6-17(20-2)18(16)21-3/h4-6,14-15,19H,7-13H2,1-3H3. The number of hydrogen-bond donors (Lipinski definition) is 1. The third kappa shape index (κ3) is 4.63. The van der Waals surface area contributed by atoms with E-state index in [0.717, 1.165) is 42.0 Å². The first kappa shape index (κ1) is 16.2. The van der Waals surface area contributed by atoms with E-state index in [1.165, 1.54) is 32.1 Å². The molecule has 1 N–H and O–H groups in total. The predicted molar refractivity (Wildman–Crippen MR) is 87.0 cm³/mol. The van der Waals surface area contributed by atoms with E-state index in [9.17, 15) is 0 Å². The minimum Gasteiger partial charge on any atom is -0.493 e. The van der Waals surface area contributed by atoms with E-state index >= 15 is 0 Å².